The largest absolute Gasteiger partial charge is 0.377 e. The number of amides is 1. The first kappa shape index (κ1) is 14.0. The summed E-state index contributed by atoms with van der Waals surface area (Å²) in [6.45, 7) is 2.48. The van der Waals surface area contributed by atoms with Crippen LogP contribution in [0.1, 0.15) is 5.56 Å². The van der Waals surface area contributed by atoms with Crippen molar-refractivity contribution >= 4 is 5.91 Å². The van der Waals surface area contributed by atoms with E-state index in [-0.39, 0.29) is 17.8 Å². The molecule has 1 N–H and O–H groups in total. The minimum absolute atomic E-state index is 0.0650. The first-order valence-electron chi connectivity index (χ1n) is 6.47. The number of morpholine rings is 1. The maximum absolute atomic E-state index is 12.8. The van der Waals surface area contributed by atoms with Gasteiger partial charge < -0.3 is 15.0 Å². The van der Waals surface area contributed by atoms with Crippen molar-refractivity contribution in [3.63, 3.8) is 0 Å². The number of likely N-dealkylation sites (N-methyl/N-ethyl adjacent to an activating group) is 1. The second-order valence-corrected chi connectivity index (χ2v) is 4.68. The third-order valence-electron chi connectivity index (χ3n) is 3.26. The van der Waals surface area contributed by atoms with Gasteiger partial charge in [-0.3, -0.25) is 4.79 Å². The SMILES string of the molecule is CNCC1COCCN1C(=O)Cc1ccc(F)cc1. The van der Waals surface area contributed by atoms with Gasteiger partial charge in [-0.1, -0.05) is 12.1 Å². The van der Waals surface area contributed by atoms with Gasteiger partial charge in [-0.2, -0.15) is 0 Å². The van der Waals surface area contributed by atoms with Crippen LogP contribution in [0.15, 0.2) is 24.3 Å². The van der Waals surface area contributed by atoms with E-state index in [2.05, 4.69) is 5.32 Å². The fraction of sp³-hybridized carbons (Fsp3) is 0.500. The number of rotatable bonds is 4. The van der Waals surface area contributed by atoms with Gasteiger partial charge in [-0.25, -0.2) is 4.39 Å². The topological polar surface area (TPSA) is 41.6 Å². The van der Waals surface area contributed by atoms with Crippen molar-refractivity contribution in [2.75, 3.05) is 33.4 Å². The normalized spacial score (nSPS) is 19.5. The van der Waals surface area contributed by atoms with Gasteiger partial charge in [0.15, 0.2) is 0 Å². The van der Waals surface area contributed by atoms with Crippen molar-refractivity contribution in [3.8, 4) is 0 Å². The summed E-state index contributed by atoms with van der Waals surface area (Å²) in [4.78, 5) is 14.1. The molecule has 0 aromatic heterocycles. The molecule has 104 valence electrons. The van der Waals surface area contributed by atoms with Crippen LogP contribution < -0.4 is 5.32 Å². The highest BCUT2D eigenvalue weighted by Crippen LogP contribution is 2.11. The molecule has 0 spiro atoms. The average Bonchev–Trinajstić information content (AvgIpc) is 2.42. The molecule has 0 aliphatic carbocycles. The molecule has 1 aliphatic heterocycles. The molecule has 1 amide bonds. The summed E-state index contributed by atoms with van der Waals surface area (Å²) in [7, 11) is 1.86. The Morgan fingerprint density at radius 2 is 2.21 bits per heavy atom. The quantitative estimate of drug-likeness (QED) is 0.877. The number of benzene rings is 1. The summed E-state index contributed by atoms with van der Waals surface area (Å²) in [5, 5.41) is 3.07. The van der Waals surface area contributed by atoms with Crippen LogP contribution in [0.2, 0.25) is 0 Å². The lowest BCUT2D eigenvalue weighted by Crippen LogP contribution is -2.52. The Morgan fingerprint density at radius 1 is 1.47 bits per heavy atom. The number of hydrogen-bond acceptors (Lipinski definition) is 3. The molecule has 19 heavy (non-hydrogen) atoms. The van der Waals surface area contributed by atoms with E-state index in [1.54, 1.807) is 12.1 Å². The zero-order valence-corrected chi connectivity index (χ0v) is 11.1. The number of carbonyl (C=O) groups excluding carboxylic acids is 1. The number of hydrogen-bond donors (Lipinski definition) is 1. The molecule has 0 radical (unpaired) electrons. The third kappa shape index (κ3) is 3.75. The van der Waals surface area contributed by atoms with Gasteiger partial charge in [0.25, 0.3) is 0 Å². The Morgan fingerprint density at radius 3 is 2.89 bits per heavy atom. The van der Waals surface area contributed by atoms with Gasteiger partial charge in [0.05, 0.1) is 25.7 Å². The standard InChI is InChI=1S/C14H19FN2O2/c1-16-9-13-10-19-7-6-17(13)14(18)8-11-2-4-12(15)5-3-11/h2-5,13,16H,6-10H2,1H3. The molecule has 0 bridgehead atoms. The molecule has 0 saturated carbocycles. The number of halogens is 1. The van der Waals surface area contributed by atoms with E-state index in [1.807, 2.05) is 11.9 Å². The molecule has 1 fully saturated rings. The summed E-state index contributed by atoms with van der Waals surface area (Å²) in [6.07, 6.45) is 0.306. The summed E-state index contributed by atoms with van der Waals surface area (Å²) in [5.41, 5.74) is 0.834. The summed E-state index contributed by atoms with van der Waals surface area (Å²) in [5.74, 6) is -0.217. The Hall–Kier alpha value is -1.46. The van der Waals surface area contributed by atoms with Crippen LogP contribution in [-0.2, 0) is 16.0 Å². The zero-order chi connectivity index (χ0) is 13.7. The van der Waals surface area contributed by atoms with E-state index in [0.717, 1.165) is 12.1 Å². The van der Waals surface area contributed by atoms with Crippen LogP contribution >= 0.6 is 0 Å². The van der Waals surface area contributed by atoms with Crippen molar-refractivity contribution < 1.29 is 13.9 Å². The first-order valence-corrected chi connectivity index (χ1v) is 6.47. The van der Waals surface area contributed by atoms with Crippen LogP contribution in [0.5, 0.6) is 0 Å². The highest BCUT2D eigenvalue weighted by atomic mass is 19.1. The number of ether oxygens (including phenoxy) is 1. The first-order chi connectivity index (χ1) is 9.20. The van der Waals surface area contributed by atoms with Crippen molar-refractivity contribution in [3.05, 3.63) is 35.6 Å². The second kappa shape index (κ2) is 6.63. The predicted molar refractivity (Wildman–Crippen MR) is 70.4 cm³/mol. The molecule has 1 aromatic rings. The van der Waals surface area contributed by atoms with Gasteiger partial charge in [0.2, 0.25) is 5.91 Å². The van der Waals surface area contributed by atoms with Crippen LogP contribution in [0.25, 0.3) is 0 Å². The van der Waals surface area contributed by atoms with Crippen LogP contribution in [0.4, 0.5) is 4.39 Å². The molecular formula is C14H19FN2O2. The molecule has 1 atom stereocenters. The number of nitrogens with zero attached hydrogens (tertiary/aromatic N) is 1. The maximum Gasteiger partial charge on any atom is 0.227 e. The van der Waals surface area contributed by atoms with Crippen LogP contribution in [0, 0.1) is 5.82 Å². The highest BCUT2D eigenvalue weighted by molar-refractivity contribution is 5.79. The summed E-state index contributed by atoms with van der Waals surface area (Å²) in [6, 6.07) is 6.15. The van der Waals surface area contributed by atoms with Crippen molar-refractivity contribution in [2.24, 2.45) is 0 Å². The lowest BCUT2D eigenvalue weighted by Gasteiger charge is -2.35. The number of nitrogens with one attached hydrogen (secondary N) is 1. The second-order valence-electron chi connectivity index (χ2n) is 4.68. The van der Waals surface area contributed by atoms with Gasteiger partial charge in [-0.05, 0) is 24.7 Å². The average molecular weight is 266 g/mol. The maximum atomic E-state index is 12.8. The Bertz CT molecular complexity index is 420. The molecule has 5 heteroatoms. The highest BCUT2D eigenvalue weighted by Gasteiger charge is 2.26. The van der Waals surface area contributed by atoms with E-state index in [0.29, 0.717) is 26.2 Å². The van der Waals surface area contributed by atoms with E-state index in [9.17, 15) is 9.18 Å². The fourth-order valence-corrected chi connectivity index (χ4v) is 2.27. The summed E-state index contributed by atoms with van der Waals surface area (Å²) < 4.78 is 18.2. The molecule has 1 unspecified atom stereocenters. The van der Waals surface area contributed by atoms with E-state index >= 15 is 0 Å². The van der Waals surface area contributed by atoms with Gasteiger partial charge in [0, 0.05) is 13.1 Å². The predicted octanol–water partition coefficient (Wildman–Crippen LogP) is 0.815. The van der Waals surface area contributed by atoms with E-state index < -0.39 is 0 Å². The minimum atomic E-state index is -0.282. The Balaban J connectivity index is 1.99. The molecule has 2 rings (SSSR count). The monoisotopic (exact) mass is 266 g/mol. The van der Waals surface area contributed by atoms with Crippen molar-refractivity contribution in [2.45, 2.75) is 12.5 Å². The molecular weight excluding hydrogens is 247 g/mol. The van der Waals surface area contributed by atoms with Crippen LogP contribution in [-0.4, -0.2) is 50.2 Å². The molecule has 4 nitrogen and oxygen atoms in total. The minimum Gasteiger partial charge on any atom is -0.377 e. The molecule has 1 saturated heterocycles. The van der Waals surface area contributed by atoms with E-state index in [4.69, 9.17) is 4.74 Å². The molecule has 1 aliphatic rings. The van der Waals surface area contributed by atoms with Crippen molar-refractivity contribution in [1.29, 1.82) is 0 Å². The Kier molecular flexibility index (Phi) is 4.87. The zero-order valence-electron chi connectivity index (χ0n) is 11.1. The Labute approximate surface area is 112 Å². The van der Waals surface area contributed by atoms with Gasteiger partial charge in [0.1, 0.15) is 5.82 Å². The lowest BCUT2D eigenvalue weighted by atomic mass is 10.1. The lowest BCUT2D eigenvalue weighted by molar-refractivity contribution is -0.138. The van der Waals surface area contributed by atoms with Gasteiger partial charge in [-0.15, -0.1) is 0 Å². The third-order valence-corrected chi connectivity index (χ3v) is 3.26. The van der Waals surface area contributed by atoms with Crippen molar-refractivity contribution in [1.82, 2.24) is 10.2 Å². The molecule has 1 aromatic carbocycles. The van der Waals surface area contributed by atoms with Crippen LogP contribution in [0.3, 0.4) is 0 Å². The fourth-order valence-electron chi connectivity index (χ4n) is 2.27. The number of carbonyl (C=O) groups is 1. The smallest absolute Gasteiger partial charge is 0.227 e. The van der Waals surface area contributed by atoms with Gasteiger partial charge >= 0.3 is 0 Å². The van der Waals surface area contributed by atoms with E-state index in [1.165, 1.54) is 12.1 Å². The molecule has 1 heterocycles. The summed E-state index contributed by atoms with van der Waals surface area (Å²) >= 11 is 0.